The van der Waals surface area contributed by atoms with E-state index in [-0.39, 0.29) is 5.91 Å². The van der Waals surface area contributed by atoms with Crippen LogP contribution >= 0.6 is 11.6 Å². The van der Waals surface area contributed by atoms with Crippen molar-refractivity contribution in [3.8, 4) is 0 Å². The van der Waals surface area contributed by atoms with E-state index in [9.17, 15) is 18.0 Å². The number of carbonyl (C=O) groups excluding carboxylic acids is 1. The van der Waals surface area contributed by atoms with E-state index in [2.05, 4.69) is 10.00 Å². The van der Waals surface area contributed by atoms with Gasteiger partial charge in [-0.05, 0) is 18.6 Å². The molecule has 146 valence electrons. The van der Waals surface area contributed by atoms with Crippen molar-refractivity contribution < 1.29 is 18.0 Å². The molecule has 0 N–H and O–H groups in total. The molecule has 0 bridgehead atoms. The van der Waals surface area contributed by atoms with Gasteiger partial charge in [0.2, 0.25) is 5.91 Å². The van der Waals surface area contributed by atoms with Crippen molar-refractivity contribution in [2.75, 3.05) is 26.2 Å². The Bertz CT molecular complexity index is 800. The van der Waals surface area contributed by atoms with Crippen molar-refractivity contribution in [3.05, 3.63) is 52.8 Å². The molecule has 1 aromatic carbocycles. The fraction of sp³-hybridized carbons (Fsp3) is 0.444. The lowest BCUT2D eigenvalue weighted by atomic mass is 10.1. The molecule has 1 aromatic heterocycles. The number of benzene rings is 1. The Balaban J connectivity index is 1.55. The lowest BCUT2D eigenvalue weighted by Crippen LogP contribution is -2.49. The van der Waals surface area contributed by atoms with Gasteiger partial charge in [-0.15, -0.1) is 0 Å². The number of carbonyl (C=O) groups is 1. The molecule has 0 radical (unpaired) electrons. The molecule has 0 spiro atoms. The zero-order valence-electron chi connectivity index (χ0n) is 14.8. The van der Waals surface area contributed by atoms with Gasteiger partial charge in [0.05, 0.1) is 16.8 Å². The predicted molar refractivity (Wildman–Crippen MR) is 95.2 cm³/mol. The van der Waals surface area contributed by atoms with Gasteiger partial charge in [-0.25, -0.2) is 0 Å². The van der Waals surface area contributed by atoms with Gasteiger partial charge in [0.25, 0.3) is 0 Å². The molecule has 0 saturated carbocycles. The fourth-order valence-electron chi connectivity index (χ4n) is 3.13. The minimum absolute atomic E-state index is 0.0477. The van der Waals surface area contributed by atoms with Gasteiger partial charge in [0.1, 0.15) is 6.04 Å². The Morgan fingerprint density at radius 2 is 1.96 bits per heavy atom. The van der Waals surface area contributed by atoms with E-state index < -0.39 is 17.8 Å². The molecule has 3 rings (SSSR count). The standard InChI is InChI=1S/C18H20ClF3N4O/c1-13(26-12-16(19)10-23-26)17(27)25-7-5-24(6-8-25)11-14-3-2-4-15(9-14)18(20,21)22/h2-4,9-10,12-13H,5-8,11H2,1H3. The Labute approximate surface area is 160 Å². The van der Waals surface area contributed by atoms with Crippen LogP contribution in [-0.4, -0.2) is 51.7 Å². The lowest BCUT2D eigenvalue weighted by molar-refractivity contribution is -0.138. The number of hydrogen-bond acceptors (Lipinski definition) is 3. The first-order chi connectivity index (χ1) is 12.7. The van der Waals surface area contributed by atoms with Gasteiger partial charge in [-0.1, -0.05) is 29.8 Å². The molecule has 1 fully saturated rings. The molecule has 1 amide bonds. The van der Waals surface area contributed by atoms with E-state index in [1.807, 2.05) is 0 Å². The van der Waals surface area contributed by atoms with Crippen LogP contribution in [0.4, 0.5) is 13.2 Å². The zero-order chi connectivity index (χ0) is 19.6. The number of piperazine rings is 1. The monoisotopic (exact) mass is 400 g/mol. The summed E-state index contributed by atoms with van der Waals surface area (Å²) in [4.78, 5) is 16.4. The highest BCUT2D eigenvalue weighted by Crippen LogP contribution is 2.29. The third kappa shape index (κ3) is 4.81. The smallest absolute Gasteiger partial charge is 0.338 e. The predicted octanol–water partition coefficient (Wildman–Crippen LogP) is 3.46. The van der Waals surface area contributed by atoms with E-state index in [0.717, 1.165) is 6.07 Å². The highest BCUT2D eigenvalue weighted by Gasteiger charge is 2.31. The van der Waals surface area contributed by atoms with E-state index in [1.54, 1.807) is 24.1 Å². The second-order valence-electron chi connectivity index (χ2n) is 6.61. The van der Waals surface area contributed by atoms with E-state index in [0.29, 0.717) is 43.3 Å². The first-order valence-electron chi connectivity index (χ1n) is 8.61. The maximum Gasteiger partial charge on any atom is 0.416 e. The Kier molecular flexibility index (Phi) is 5.76. The van der Waals surface area contributed by atoms with E-state index in [4.69, 9.17) is 11.6 Å². The largest absolute Gasteiger partial charge is 0.416 e. The summed E-state index contributed by atoms with van der Waals surface area (Å²) < 4.78 is 40.0. The third-order valence-electron chi connectivity index (χ3n) is 4.67. The minimum atomic E-state index is -4.34. The molecule has 1 saturated heterocycles. The van der Waals surface area contributed by atoms with Crippen molar-refractivity contribution in [1.29, 1.82) is 0 Å². The average Bonchev–Trinajstić information content (AvgIpc) is 3.07. The molecule has 27 heavy (non-hydrogen) atoms. The maximum absolute atomic E-state index is 12.8. The van der Waals surface area contributed by atoms with Crippen molar-refractivity contribution >= 4 is 17.5 Å². The summed E-state index contributed by atoms with van der Waals surface area (Å²) in [5, 5.41) is 4.54. The molecule has 5 nitrogen and oxygen atoms in total. The van der Waals surface area contributed by atoms with Crippen molar-refractivity contribution in [3.63, 3.8) is 0 Å². The molecular weight excluding hydrogens is 381 g/mol. The van der Waals surface area contributed by atoms with Crippen LogP contribution in [0, 0.1) is 0 Å². The van der Waals surface area contributed by atoms with Crippen LogP contribution in [0.5, 0.6) is 0 Å². The van der Waals surface area contributed by atoms with Gasteiger partial charge in [0, 0.05) is 38.9 Å². The van der Waals surface area contributed by atoms with Gasteiger partial charge >= 0.3 is 6.18 Å². The fourth-order valence-corrected chi connectivity index (χ4v) is 3.28. The third-order valence-corrected chi connectivity index (χ3v) is 4.86. The summed E-state index contributed by atoms with van der Waals surface area (Å²) in [6.45, 7) is 4.45. The van der Waals surface area contributed by atoms with Crippen molar-refractivity contribution in [2.24, 2.45) is 0 Å². The number of aromatic nitrogens is 2. The van der Waals surface area contributed by atoms with Gasteiger partial charge in [-0.2, -0.15) is 18.3 Å². The first kappa shape index (κ1) is 19.7. The second kappa shape index (κ2) is 7.90. The van der Waals surface area contributed by atoms with Gasteiger partial charge in [0.15, 0.2) is 0 Å². The molecule has 1 atom stereocenters. The molecule has 1 aliphatic rings. The van der Waals surface area contributed by atoms with Crippen LogP contribution in [0.1, 0.15) is 24.1 Å². The SMILES string of the molecule is CC(C(=O)N1CCN(Cc2cccc(C(F)(F)F)c2)CC1)n1cc(Cl)cn1. The summed E-state index contributed by atoms with van der Waals surface area (Å²) in [6, 6.07) is 4.92. The van der Waals surface area contributed by atoms with E-state index in [1.165, 1.54) is 23.0 Å². The second-order valence-corrected chi connectivity index (χ2v) is 7.05. The highest BCUT2D eigenvalue weighted by molar-refractivity contribution is 6.30. The van der Waals surface area contributed by atoms with Crippen LogP contribution in [0.15, 0.2) is 36.7 Å². The summed E-state index contributed by atoms with van der Waals surface area (Å²) in [7, 11) is 0. The van der Waals surface area contributed by atoms with Crippen LogP contribution in [0.25, 0.3) is 0 Å². The molecule has 0 aliphatic carbocycles. The number of rotatable bonds is 4. The first-order valence-corrected chi connectivity index (χ1v) is 8.99. The Morgan fingerprint density at radius 3 is 2.56 bits per heavy atom. The molecular formula is C18H20ClF3N4O. The quantitative estimate of drug-likeness (QED) is 0.789. The van der Waals surface area contributed by atoms with Crippen LogP contribution < -0.4 is 0 Å². The number of nitrogens with zero attached hydrogens (tertiary/aromatic N) is 4. The van der Waals surface area contributed by atoms with Crippen LogP contribution in [0.2, 0.25) is 5.02 Å². The van der Waals surface area contributed by atoms with E-state index >= 15 is 0 Å². The average molecular weight is 401 g/mol. The maximum atomic E-state index is 12.8. The summed E-state index contributed by atoms with van der Waals surface area (Å²) in [6.07, 6.45) is -1.25. The van der Waals surface area contributed by atoms with Crippen molar-refractivity contribution in [1.82, 2.24) is 19.6 Å². The molecule has 1 aliphatic heterocycles. The molecule has 2 heterocycles. The minimum Gasteiger partial charge on any atom is -0.338 e. The summed E-state index contributed by atoms with van der Waals surface area (Å²) in [5.41, 5.74) is -0.0234. The lowest BCUT2D eigenvalue weighted by Gasteiger charge is -2.36. The van der Waals surface area contributed by atoms with Crippen LogP contribution in [0.3, 0.4) is 0 Å². The Morgan fingerprint density at radius 1 is 1.26 bits per heavy atom. The summed E-state index contributed by atoms with van der Waals surface area (Å²) in [5.74, 6) is -0.0477. The molecule has 1 unspecified atom stereocenters. The van der Waals surface area contributed by atoms with Crippen LogP contribution in [-0.2, 0) is 17.5 Å². The number of hydrogen-bond donors (Lipinski definition) is 0. The number of amides is 1. The topological polar surface area (TPSA) is 41.4 Å². The molecule has 9 heteroatoms. The van der Waals surface area contributed by atoms with Gasteiger partial charge in [-0.3, -0.25) is 14.4 Å². The summed E-state index contributed by atoms with van der Waals surface area (Å²) >= 11 is 5.85. The molecule has 2 aromatic rings. The normalized spacial score (nSPS) is 17.1. The number of alkyl halides is 3. The Hall–Kier alpha value is -2.06. The van der Waals surface area contributed by atoms with Crippen molar-refractivity contribution in [2.45, 2.75) is 25.7 Å². The van der Waals surface area contributed by atoms with Gasteiger partial charge < -0.3 is 4.90 Å². The zero-order valence-corrected chi connectivity index (χ0v) is 15.5. The highest BCUT2D eigenvalue weighted by atomic mass is 35.5. The number of halogens is 4.